The van der Waals surface area contributed by atoms with E-state index in [2.05, 4.69) is 0 Å². The molecule has 0 radical (unpaired) electrons. The number of anilines is 2. The Balaban J connectivity index is 2.02. The number of carbonyl (C=O) groups is 2. The third-order valence-electron chi connectivity index (χ3n) is 4.49. The minimum absolute atomic E-state index is 0.0770. The first-order valence-corrected chi connectivity index (χ1v) is 9.46. The lowest BCUT2D eigenvalue weighted by atomic mass is 10.2. The molecular weight excluding hydrogens is 354 g/mol. The van der Waals surface area contributed by atoms with Gasteiger partial charge in [0.05, 0.1) is 16.1 Å². The Bertz CT molecular complexity index is 1000. The number of carbonyl (C=O) groups excluding carboxylic acids is 2. The number of amides is 2. The summed E-state index contributed by atoms with van der Waals surface area (Å²) in [5.41, 5.74) is 7.23. The van der Waals surface area contributed by atoms with Crippen molar-refractivity contribution in [2.24, 2.45) is 5.73 Å². The second kappa shape index (κ2) is 6.45. The molecule has 26 heavy (non-hydrogen) atoms. The zero-order valence-electron chi connectivity index (χ0n) is 14.5. The largest absolute Gasteiger partial charge is 0.366 e. The Morgan fingerprint density at radius 2 is 1.85 bits per heavy atom. The number of nitrogens with two attached hydrogens (primary N) is 1. The lowest BCUT2D eigenvalue weighted by molar-refractivity contribution is -0.116. The first-order valence-electron chi connectivity index (χ1n) is 8.02. The van der Waals surface area contributed by atoms with Crippen molar-refractivity contribution in [2.45, 2.75) is 18.2 Å². The fourth-order valence-electron chi connectivity index (χ4n) is 3.11. The molecule has 0 bridgehead atoms. The molecule has 2 aromatic carbocycles. The Hall–Kier alpha value is -2.87. The SMILES string of the molecule is CC(=O)N1CCc2cc(S(=O)(=O)N(C)c3ccccc3C(N)=O)ccc21. The summed E-state index contributed by atoms with van der Waals surface area (Å²) in [6.07, 6.45) is 0.597. The molecule has 1 heterocycles. The Labute approximate surface area is 152 Å². The van der Waals surface area contributed by atoms with Gasteiger partial charge in [-0.25, -0.2) is 8.42 Å². The van der Waals surface area contributed by atoms with E-state index in [-0.39, 0.29) is 22.1 Å². The highest BCUT2D eigenvalue weighted by Crippen LogP contribution is 2.32. The van der Waals surface area contributed by atoms with E-state index in [9.17, 15) is 18.0 Å². The zero-order chi connectivity index (χ0) is 19.1. The molecule has 0 spiro atoms. The molecule has 0 atom stereocenters. The molecule has 136 valence electrons. The van der Waals surface area contributed by atoms with Crippen LogP contribution in [0, 0.1) is 0 Å². The predicted octanol–water partition coefficient (Wildman–Crippen LogP) is 1.52. The van der Waals surface area contributed by atoms with Crippen molar-refractivity contribution in [3.8, 4) is 0 Å². The molecule has 0 fully saturated rings. The van der Waals surface area contributed by atoms with E-state index in [4.69, 9.17) is 5.73 Å². The number of hydrogen-bond acceptors (Lipinski definition) is 4. The van der Waals surface area contributed by atoms with E-state index < -0.39 is 15.9 Å². The normalized spacial score (nSPS) is 13.4. The molecule has 0 saturated carbocycles. The van der Waals surface area contributed by atoms with Gasteiger partial charge in [0.1, 0.15) is 0 Å². The quantitative estimate of drug-likeness (QED) is 0.878. The number of primary amides is 1. The summed E-state index contributed by atoms with van der Waals surface area (Å²) in [4.78, 5) is 25.0. The Morgan fingerprint density at radius 3 is 2.50 bits per heavy atom. The molecule has 3 rings (SSSR count). The van der Waals surface area contributed by atoms with Gasteiger partial charge in [0, 0.05) is 26.2 Å². The molecule has 0 saturated heterocycles. The second-order valence-electron chi connectivity index (χ2n) is 6.07. The third-order valence-corrected chi connectivity index (χ3v) is 6.26. The summed E-state index contributed by atoms with van der Waals surface area (Å²) in [6, 6.07) is 11.0. The third kappa shape index (κ3) is 2.92. The van der Waals surface area contributed by atoms with Gasteiger partial charge in [-0.1, -0.05) is 12.1 Å². The first kappa shape index (κ1) is 17.9. The molecule has 0 unspecified atom stereocenters. The molecule has 2 N–H and O–H groups in total. The van der Waals surface area contributed by atoms with Crippen molar-refractivity contribution in [1.29, 1.82) is 0 Å². The lowest BCUT2D eigenvalue weighted by Crippen LogP contribution is -2.29. The van der Waals surface area contributed by atoms with E-state index in [1.165, 1.54) is 32.2 Å². The molecule has 8 heteroatoms. The van der Waals surface area contributed by atoms with Gasteiger partial charge < -0.3 is 10.6 Å². The van der Waals surface area contributed by atoms with Gasteiger partial charge in [-0.05, 0) is 42.3 Å². The maximum absolute atomic E-state index is 13.0. The zero-order valence-corrected chi connectivity index (χ0v) is 15.3. The van der Waals surface area contributed by atoms with Crippen LogP contribution in [-0.2, 0) is 21.2 Å². The molecule has 0 aliphatic carbocycles. The van der Waals surface area contributed by atoms with E-state index in [1.807, 2.05) is 0 Å². The number of nitrogens with zero attached hydrogens (tertiary/aromatic N) is 2. The van der Waals surface area contributed by atoms with Crippen LogP contribution >= 0.6 is 0 Å². The number of fused-ring (bicyclic) bond motifs is 1. The maximum Gasteiger partial charge on any atom is 0.264 e. The highest BCUT2D eigenvalue weighted by molar-refractivity contribution is 7.92. The summed E-state index contributed by atoms with van der Waals surface area (Å²) < 4.78 is 27.1. The highest BCUT2D eigenvalue weighted by Gasteiger charge is 2.28. The van der Waals surface area contributed by atoms with Crippen molar-refractivity contribution in [1.82, 2.24) is 0 Å². The van der Waals surface area contributed by atoms with E-state index in [0.717, 1.165) is 15.6 Å². The first-order chi connectivity index (χ1) is 12.2. The Kier molecular flexibility index (Phi) is 4.45. The van der Waals surface area contributed by atoms with Crippen molar-refractivity contribution in [3.05, 3.63) is 53.6 Å². The summed E-state index contributed by atoms with van der Waals surface area (Å²) >= 11 is 0. The van der Waals surface area contributed by atoms with Gasteiger partial charge in [-0.2, -0.15) is 0 Å². The van der Waals surface area contributed by atoms with Gasteiger partial charge in [-0.3, -0.25) is 13.9 Å². The van der Waals surface area contributed by atoms with Crippen LogP contribution in [0.2, 0.25) is 0 Å². The van der Waals surface area contributed by atoms with Crippen LogP contribution in [-0.4, -0.2) is 33.8 Å². The van der Waals surface area contributed by atoms with Crippen LogP contribution in [0.3, 0.4) is 0 Å². The fourth-order valence-corrected chi connectivity index (χ4v) is 4.38. The lowest BCUT2D eigenvalue weighted by Gasteiger charge is -2.22. The molecule has 0 aromatic heterocycles. The van der Waals surface area contributed by atoms with Crippen molar-refractivity contribution in [2.75, 3.05) is 22.8 Å². The van der Waals surface area contributed by atoms with Crippen molar-refractivity contribution < 1.29 is 18.0 Å². The van der Waals surface area contributed by atoms with Gasteiger partial charge in [0.25, 0.3) is 15.9 Å². The molecule has 2 amide bonds. The molecule has 1 aliphatic heterocycles. The van der Waals surface area contributed by atoms with Gasteiger partial charge >= 0.3 is 0 Å². The van der Waals surface area contributed by atoms with Gasteiger partial charge in [0.15, 0.2) is 0 Å². The van der Waals surface area contributed by atoms with E-state index in [0.29, 0.717) is 13.0 Å². The molecule has 1 aliphatic rings. The van der Waals surface area contributed by atoms with Crippen LogP contribution in [0.5, 0.6) is 0 Å². The molecular formula is C18H19N3O4S. The maximum atomic E-state index is 13.0. The summed E-state index contributed by atoms with van der Waals surface area (Å²) in [7, 11) is -2.50. The van der Waals surface area contributed by atoms with Crippen LogP contribution in [0.4, 0.5) is 11.4 Å². The van der Waals surface area contributed by atoms with E-state index >= 15 is 0 Å². The highest BCUT2D eigenvalue weighted by atomic mass is 32.2. The number of benzene rings is 2. The second-order valence-corrected chi connectivity index (χ2v) is 8.03. The van der Waals surface area contributed by atoms with Gasteiger partial charge in [-0.15, -0.1) is 0 Å². The Morgan fingerprint density at radius 1 is 1.15 bits per heavy atom. The van der Waals surface area contributed by atoms with Crippen LogP contribution in [0.25, 0.3) is 0 Å². The molecule has 2 aromatic rings. The van der Waals surface area contributed by atoms with Crippen molar-refractivity contribution >= 4 is 33.2 Å². The summed E-state index contributed by atoms with van der Waals surface area (Å²) in [5, 5.41) is 0. The number of hydrogen-bond donors (Lipinski definition) is 1. The van der Waals surface area contributed by atoms with Crippen molar-refractivity contribution in [3.63, 3.8) is 0 Å². The smallest absolute Gasteiger partial charge is 0.264 e. The monoisotopic (exact) mass is 373 g/mol. The average Bonchev–Trinajstić information content (AvgIpc) is 3.04. The minimum atomic E-state index is -3.89. The fraction of sp³-hybridized carbons (Fsp3) is 0.222. The van der Waals surface area contributed by atoms with Crippen LogP contribution < -0.4 is 14.9 Å². The number of para-hydroxylation sites is 1. The van der Waals surface area contributed by atoms with Gasteiger partial charge in [0.2, 0.25) is 5.91 Å². The van der Waals surface area contributed by atoms with Crippen LogP contribution in [0.1, 0.15) is 22.8 Å². The summed E-state index contributed by atoms with van der Waals surface area (Å²) in [6.45, 7) is 2.02. The average molecular weight is 373 g/mol. The van der Waals surface area contributed by atoms with Crippen LogP contribution in [0.15, 0.2) is 47.4 Å². The molecule has 7 nitrogen and oxygen atoms in total. The minimum Gasteiger partial charge on any atom is -0.366 e. The predicted molar refractivity (Wildman–Crippen MR) is 98.7 cm³/mol. The summed E-state index contributed by atoms with van der Waals surface area (Å²) in [5.74, 6) is -0.777. The number of sulfonamides is 1. The number of rotatable bonds is 4. The topological polar surface area (TPSA) is 101 Å². The standard InChI is InChI=1S/C18H19N3O4S/c1-12(22)21-10-9-13-11-14(7-8-16(13)21)26(24,25)20(2)17-6-4-3-5-15(17)18(19)23/h3-8,11H,9-10H2,1-2H3,(H2,19,23). The van der Waals surface area contributed by atoms with E-state index in [1.54, 1.807) is 29.2 Å².